The molecule has 0 unspecified atom stereocenters. The Morgan fingerprint density at radius 2 is 0.875 bits per heavy atom. The van der Waals surface area contributed by atoms with Crippen LogP contribution >= 0.6 is 6.04 Å². The van der Waals surface area contributed by atoms with Crippen molar-refractivity contribution in [3.8, 4) is 0 Å². The predicted octanol–water partition coefficient (Wildman–Crippen LogP) is 4.91. The van der Waals surface area contributed by atoms with Crippen molar-refractivity contribution in [1.29, 1.82) is 0 Å². The Balaban J connectivity index is 2.93. The maximum Gasteiger partial charge on any atom is 0.437 e. The molecule has 0 aliphatic rings. The molecule has 2 aromatic rings. The van der Waals surface area contributed by atoms with Crippen molar-refractivity contribution >= 4 is 28.5 Å². The fourth-order valence-corrected chi connectivity index (χ4v) is 6.56. The molecule has 0 fully saturated rings. The van der Waals surface area contributed by atoms with Crippen molar-refractivity contribution in [3.63, 3.8) is 0 Å². The maximum atomic E-state index is 14.9. The lowest BCUT2D eigenvalue weighted by Gasteiger charge is -2.40. The molecule has 2 rings (SSSR count). The minimum atomic E-state index is -6.22. The van der Waals surface area contributed by atoms with E-state index in [0.717, 1.165) is 24.3 Å². The largest absolute Gasteiger partial charge is 0.437 e. The summed E-state index contributed by atoms with van der Waals surface area (Å²) in [7, 11) is 0. The van der Waals surface area contributed by atoms with Gasteiger partial charge in [-0.1, -0.05) is 72.5 Å². The van der Waals surface area contributed by atoms with Gasteiger partial charge in [-0.2, -0.15) is 26.3 Å². The first kappa shape index (κ1) is 18.9. The van der Waals surface area contributed by atoms with Gasteiger partial charge in [-0.3, -0.25) is 0 Å². The third kappa shape index (κ3) is 2.75. The molecule has 130 valence electrons. The first-order valence-electron chi connectivity index (χ1n) is 6.50. The molecule has 0 N–H and O–H groups in total. The van der Waals surface area contributed by atoms with Gasteiger partial charge in [0.25, 0.3) is 0 Å². The van der Waals surface area contributed by atoms with Gasteiger partial charge in [0.2, 0.25) is 0 Å². The zero-order valence-electron chi connectivity index (χ0n) is 11.8. The van der Waals surface area contributed by atoms with E-state index in [4.69, 9.17) is 11.8 Å². The second kappa shape index (κ2) is 6.15. The molecule has 0 aliphatic heterocycles. The fraction of sp³-hybridized carbons (Fsp3) is 0.200. The van der Waals surface area contributed by atoms with Crippen LogP contribution in [0.25, 0.3) is 0 Å². The van der Waals surface area contributed by atoms with E-state index in [2.05, 4.69) is 0 Å². The van der Waals surface area contributed by atoms with E-state index in [1.165, 1.54) is 36.4 Å². The Bertz CT molecular complexity index is 680. The Morgan fingerprint density at radius 3 is 1.12 bits per heavy atom. The van der Waals surface area contributed by atoms with Crippen molar-refractivity contribution in [2.24, 2.45) is 0 Å². The molecule has 0 saturated heterocycles. The monoisotopic (exact) mass is 386 g/mol. The fourth-order valence-electron chi connectivity index (χ4n) is 2.30. The quantitative estimate of drug-likeness (QED) is 0.534. The summed E-state index contributed by atoms with van der Waals surface area (Å²) in [4.78, 5) is 0. The first-order chi connectivity index (χ1) is 11.0. The third-order valence-corrected chi connectivity index (χ3v) is 8.87. The van der Waals surface area contributed by atoms with Gasteiger partial charge in [0.15, 0.2) is 0 Å². The van der Waals surface area contributed by atoms with Crippen LogP contribution in [0.1, 0.15) is 0 Å². The number of hydrogen-bond acceptors (Lipinski definition) is 1. The zero-order valence-corrected chi connectivity index (χ0v) is 13.5. The van der Waals surface area contributed by atoms with Gasteiger partial charge in [0.05, 0.1) is 6.04 Å². The highest BCUT2D eigenvalue weighted by atomic mass is 32.4. The van der Waals surface area contributed by atoms with Gasteiger partial charge in [0.1, 0.15) is 0 Å². The summed E-state index contributed by atoms with van der Waals surface area (Å²) >= 11 is 4.86. The Labute approximate surface area is 138 Å². The van der Waals surface area contributed by atoms with Crippen LogP contribution in [0.5, 0.6) is 0 Å². The van der Waals surface area contributed by atoms with Crippen LogP contribution in [-0.2, 0) is 11.8 Å². The molecule has 0 atom stereocenters. The summed E-state index contributed by atoms with van der Waals surface area (Å²) in [6, 6.07) is 6.74. The molecule has 9 heteroatoms. The van der Waals surface area contributed by atoms with E-state index >= 15 is 0 Å². The van der Waals surface area contributed by atoms with E-state index < -0.39 is 34.4 Å². The summed E-state index contributed by atoms with van der Waals surface area (Å²) in [6.07, 6.45) is -12.4. The Kier molecular flexibility index (Phi) is 4.85. The van der Waals surface area contributed by atoms with Crippen LogP contribution in [0, 0.1) is 0 Å². The van der Waals surface area contributed by atoms with Gasteiger partial charge < -0.3 is 0 Å². The minimum Gasteiger partial charge on any atom is -0.217 e. The number of halogens is 7. The zero-order chi connectivity index (χ0) is 18.2. The topological polar surface area (TPSA) is 0 Å². The summed E-state index contributed by atoms with van der Waals surface area (Å²) in [5.41, 5.74) is 0. The van der Waals surface area contributed by atoms with Crippen molar-refractivity contribution in [1.82, 2.24) is 0 Å². The van der Waals surface area contributed by atoms with Crippen LogP contribution < -0.4 is 10.6 Å². The molecule has 0 nitrogen and oxygen atoms in total. The van der Waals surface area contributed by atoms with Crippen LogP contribution in [-0.4, -0.2) is 17.8 Å². The van der Waals surface area contributed by atoms with Crippen LogP contribution in [0.3, 0.4) is 0 Å². The van der Waals surface area contributed by atoms with E-state index in [9.17, 15) is 30.7 Å². The van der Waals surface area contributed by atoms with Crippen molar-refractivity contribution in [2.45, 2.75) is 17.8 Å². The molecular formula is C15H10F7PS. The lowest BCUT2D eigenvalue weighted by atomic mass is 10.3. The molecule has 0 aliphatic carbocycles. The second-order valence-corrected chi connectivity index (χ2v) is 9.41. The van der Waals surface area contributed by atoms with Crippen LogP contribution in [0.4, 0.5) is 30.7 Å². The molecule has 2 aromatic carbocycles. The lowest BCUT2D eigenvalue weighted by molar-refractivity contribution is -0.305. The lowest BCUT2D eigenvalue weighted by Crippen LogP contribution is -2.56. The Morgan fingerprint density at radius 1 is 0.583 bits per heavy atom. The molecule has 0 heterocycles. The summed E-state index contributed by atoms with van der Waals surface area (Å²) in [6.45, 7) is 0. The predicted molar refractivity (Wildman–Crippen MR) is 82.4 cm³/mol. The van der Waals surface area contributed by atoms with Gasteiger partial charge in [-0.25, -0.2) is 4.39 Å². The summed E-state index contributed by atoms with van der Waals surface area (Å²) in [5.74, 6) is 0. The number of alkyl halides is 7. The average Bonchev–Trinajstić information content (AvgIpc) is 2.53. The van der Waals surface area contributed by atoms with Crippen LogP contribution in [0.2, 0.25) is 0 Å². The smallest absolute Gasteiger partial charge is 0.217 e. The van der Waals surface area contributed by atoms with Gasteiger partial charge in [0, 0.05) is 0 Å². The molecule has 0 amide bonds. The standard InChI is InChI=1S/C15H10F7PS/c16-13(14(17,18)19,15(20,21)22)23(24,11-7-3-1-4-8-11)12-9-5-2-6-10-12/h1-10H. The highest BCUT2D eigenvalue weighted by Gasteiger charge is 2.79. The number of benzene rings is 2. The molecule has 0 spiro atoms. The highest BCUT2D eigenvalue weighted by Crippen LogP contribution is 2.69. The van der Waals surface area contributed by atoms with Crippen molar-refractivity contribution in [3.05, 3.63) is 60.7 Å². The van der Waals surface area contributed by atoms with Gasteiger partial charge >= 0.3 is 17.8 Å². The minimum absolute atomic E-state index is 0.497. The van der Waals surface area contributed by atoms with Gasteiger partial charge in [-0.15, -0.1) is 0 Å². The summed E-state index contributed by atoms with van der Waals surface area (Å²) < 4.78 is 94.9. The molecular weight excluding hydrogens is 376 g/mol. The van der Waals surface area contributed by atoms with Crippen LogP contribution in [0.15, 0.2) is 60.7 Å². The van der Waals surface area contributed by atoms with Crippen molar-refractivity contribution < 1.29 is 30.7 Å². The molecule has 0 aromatic heterocycles. The third-order valence-electron chi connectivity index (χ3n) is 3.42. The Hall–Kier alpha value is -1.40. The maximum absolute atomic E-state index is 14.9. The number of rotatable bonds is 3. The second-order valence-electron chi connectivity index (χ2n) is 4.90. The van der Waals surface area contributed by atoms with E-state index in [1.54, 1.807) is 0 Å². The summed E-state index contributed by atoms with van der Waals surface area (Å²) in [5, 5.41) is -6.53. The molecule has 0 bridgehead atoms. The van der Waals surface area contributed by atoms with Gasteiger partial charge in [-0.05, 0) is 10.6 Å². The van der Waals surface area contributed by atoms with E-state index in [-0.39, 0.29) is 0 Å². The average molecular weight is 386 g/mol. The van der Waals surface area contributed by atoms with E-state index in [1.807, 2.05) is 0 Å². The number of hydrogen-bond donors (Lipinski definition) is 0. The molecule has 24 heavy (non-hydrogen) atoms. The molecule has 0 radical (unpaired) electrons. The van der Waals surface area contributed by atoms with E-state index in [0.29, 0.717) is 0 Å². The molecule has 0 saturated carbocycles. The first-order valence-corrected chi connectivity index (χ1v) is 9.30. The highest BCUT2D eigenvalue weighted by molar-refractivity contribution is 8.22. The SMILES string of the molecule is FC(F)(F)C(F)(C(F)(F)F)P(=S)(c1ccccc1)c1ccccc1. The normalized spacial score (nSPS) is 13.8. The van der Waals surface area contributed by atoms with Crippen molar-refractivity contribution in [2.75, 3.05) is 0 Å².